The molecule has 196 valence electrons. The Morgan fingerprint density at radius 2 is 1.86 bits per heavy atom. The Hall–Kier alpha value is -2.95. The number of rotatable bonds is 8. The lowest BCUT2D eigenvalue weighted by atomic mass is 9.87. The molecule has 2 amide bonds. The number of benzene rings is 1. The summed E-state index contributed by atoms with van der Waals surface area (Å²) in [6, 6.07) is 4.09. The van der Waals surface area contributed by atoms with Crippen molar-refractivity contribution in [2.24, 2.45) is 0 Å². The fourth-order valence-electron chi connectivity index (χ4n) is 5.12. The monoisotopic (exact) mass is 506 g/mol. The molecule has 0 unspecified atom stereocenters. The molecule has 1 aromatic heterocycles. The lowest BCUT2D eigenvalue weighted by Crippen LogP contribution is -2.63. The number of carbonyl (C=O) groups is 2. The molecule has 1 aromatic carbocycles. The number of amides is 2. The second-order valence-corrected chi connectivity index (χ2v) is 9.74. The van der Waals surface area contributed by atoms with Gasteiger partial charge in [-0.15, -0.1) is 0 Å². The highest BCUT2D eigenvalue weighted by molar-refractivity contribution is 5.91. The molecule has 1 aliphatic heterocycles. The van der Waals surface area contributed by atoms with Crippen molar-refractivity contribution in [2.75, 3.05) is 32.0 Å². The summed E-state index contributed by atoms with van der Waals surface area (Å²) in [5.41, 5.74) is -0.425. The Bertz CT molecular complexity index is 1080. The van der Waals surface area contributed by atoms with Crippen LogP contribution < -0.4 is 10.6 Å². The molecule has 8 nitrogen and oxygen atoms in total. The summed E-state index contributed by atoms with van der Waals surface area (Å²) in [6.45, 7) is 3.47. The van der Waals surface area contributed by atoms with E-state index in [0.717, 1.165) is 57.3 Å². The first kappa shape index (κ1) is 26.1. The van der Waals surface area contributed by atoms with Crippen molar-refractivity contribution in [1.82, 2.24) is 25.1 Å². The van der Waals surface area contributed by atoms with Crippen LogP contribution in [0.25, 0.3) is 10.9 Å². The zero-order valence-electron chi connectivity index (χ0n) is 20.6. The summed E-state index contributed by atoms with van der Waals surface area (Å²) in [6.07, 6.45) is 2.31. The van der Waals surface area contributed by atoms with Crippen LogP contribution in [0.1, 0.15) is 51.0 Å². The predicted octanol–water partition coefficient (Wildman–Crippen LogP) is 3.43. The van der Waals surface area contributed by atoms with Gasteiger partial charge in [-0.2, -0.15) is 13.2 Å². The third-order valence-corrected chi connectivity index (χ3v) is 7.24. The van der Waals surface area contributed by atoms with E-state index < -0.39 is 11.7 Å². The molecule has 2 aromatic rings. The van der Waals surface area contributed by atoms with Gasteiger partial charge >= 0.3 is 6.18 Å². The molecule has 1 aliphatic carbocycles. The van der Waals surface area contributed by atoms with Crippen molar-refractivity contribution in [2.45, 2.75) is 69.8 Å². The summed E-state index contributed by atoms with van der Waals surface area (Å²) in [5.74, 6) is 0.172. The number of alkyl halides is 3. The number of hydrogen-bond acceptors (Lipinski definition) is 6. The van der Waals surface area contributed by atoms with Crippen LogP contribution in [0.3, 0.4) is 0 Å². The van der Waals surface area contributed by atoms with Crippen LogP contribution in [-0.2, 0) is 15.8 Å². The van der Waals surface area contributed by atoms with Gasteiger partial charge in [-0.25, -0.2) is 9.97 Å². The summed E-state index contributed by atoms with van der Waals surface area (Å²) < 4.78 is 39.3. The molecule has 2 heterocycles. The van der Waals surface area contributed by atoms with Gasteiger partial charge in [0, 0.05) is 44.0 Å². The number of carbonyl (C=O) groups excluding carboxylic acids is 2. The van der Waals surface area contributed by atoms with E-state index in [2.05, 4.69) is 25.5 Å². The number of aromatic nitrogens is 2. The van der Waals surface area contributed by atoms with Crippen molar-refractivity contribution < 1.29 is 22.8 Å². The predicted molar refractivity (Wildman–Crippen MR) is 130 cm³/mol. The molecule has 0 atom stereocenters. The zero-order chi connectivity index (χ0) is 25.9. The van der Waals surface area contributed by atoms with E-state index in [4.69, 9.17) is 0 Å². The number of likely N-dealkylation sites (tertiary alicyclic amines) is 1. The lowest BCUT2D eigenvalue weighted by molar-refractivity contribution is -0.137. The molecule has 2 aliphatic rings. The first-order chi connectivity index (χ1) is 17.2. The van der Waals surface area contributed by atoms with E-state index in [0.29, 0.717) is 24.0 Å². The van der Waals surface area contributed by atoms with Crippen LogP contribution in [0.4, 0.5) is 19.0 Å². The smallest absolute Gasteiger partial charge is 0.360 e. The van der Waals surface area contributed by atoms with Crippen LogP contribution in [0.5, 0.6) is 0 Å². The van der Waals surface area contributed by atoms with Gasteiger partial charge in [-0.05, 0) is 50.3 Å². The zero-order valence-corrected chi connectivity index (χ0v) is 20.6. The standard InChI is InChI=1S/C25H33F3N6O2/c1-3-4-23(36)33(2)18-6-8-19(9-7-18)34-13-17(14-34)32-22(35)12-29-24-20-11-16(25(26,27)28)5-10-21(20)30-15-31-24/h5,10-11,15,17-19H,3-4,6-9,12-14H2,1-2H3,(H,32,35)(H,29,30,31). The van der Waals surface area contributed by atoms with Gasteiger partial charge in [0.2, 0.25) is 11.8 Å². The molecule has 2 fully saturated rings. The fraction of sp³-hybridized carbons (Fsp3) is 0.600. The molecule has 0 radical (unpaired) electrons. The summed E-state index contributed by atoms with van der Waals surface area (Å²) >= 11 is 0. The van der Waals surface area contributed by atoms with E-state index in [9.17, 15) is 22.8 Å². The third kappa shape index (κ3) is 6.05. The number of hydrogen-bond donors (Lipinski definition) is 2. The molecule has 4 rings (SSSR count). The largest absolute Gasteiger partial charge is 0.416 e. The Labute approximate surface area is 208 Å². The molecule has 11 heteroatoms. The first-order valence-corrected chi connectivity index (χ1v) is 12.5. The molecular weight excluding hydrogens is 473 g/mol. The minimum absolute atomic E-state index is 0.0461. The number of halogens is 3. The van der Waals surface area contributed by atoms with Gasteiger partial charge < -0.3 is 15.5 Å². The maximum absolute atomic E-state index is 13.1. The van der Waals surface area contributed by atoms with Crippen molar-refractivity contribution in [1.29, 1.82) is 0 Å². The first-order valence-electron chi connectivity index (χ1n) is 12.5. The van der Waals surface area contributed by atoms with E-state index in [-0.39, 0.29) is 35.6 Å². The molecule has 1 saturated heterocycles. The minimum atomic E-state index is -4.48. The average Bonchev–Trinajstić information content (AvgIpc) is 2.83. The van der Waals surface area contributed by atoms with Crippen LogP contribution in [0.2, 0.25) is 0 Å². The van der Waals surface area contributed by atoms with Crippen LogP contribution in [0.15, 0.2) is 24.5 Å². The normalized spacial score (nSPS) is 21.1. The van der Waals surface area contributed by atoms with Gasteiger partial charge in [0.25, 0.3) is 0 Å². The van der Waals surface area contributed by atoms with E-state index in [1.54, 1.807) is 0 Å². The highest BCUT2D eigenvalue weighted by Crippen LogP contribution is 2.32. The average molecular weight is 507 g/mol. The van der Waals surface area contributed by atoms with Crippen molar-refractivity contribution in [3.8, 4) is 0 Å². The number of nitrogens with zero attached hydrogens (tertiary/aromatic N) is 4. The Balaban J connectivity index is 1.21. The Morgan fingerprint density at radius 3 is 2.53 bits per heavy atom. The van der Waals surface area contributed by atoms with Crippen LogP contribution >= 0.6 is 0 Å². The number of anilines is 1. The second-order valence-electron chi connectivity index (χ2n) is 9.74. The molecule has 2 N–H and O–H groups in total. The van der Waals surface area contributed by atoms with Crippen molar-refractivity contribution in [3.05, 3.63) is 30.1 Å². The second kappa shape index (κ2) is 11.0. The minimum Gasteiger partial charge on any atom is -0.360 e. The molecule has 1 saturated carbocycles. The maximum atomic E-state index is 13.1. The van der Waals surface area contributed by atoms with Gasteiger partial charge in [0.15, 0.2) is 0 Å². The number of nitrogens with one attached hydrogen (secondary N) is 2. The topological polar surface area (TPSA) is 90.5 Å². The maximum Gasteiger partial charge on any atom is 0.416 e. The summed E-state index contributed by atoms with van der Waals surface area (Å²) in [5, 5.41) is 6.04. The molecule has 0 spiro atoms. The van der Waals surface area contributed by atoms with Crippen LogP contribution in [0, 0.1) is 0 Å². The number of fused-ring (bicyclic) bond motifs is 1. The van der Waals surface area contributed by atoms with E-state index >= 15 is 0 Å². The van der Waals surface area contributed by atoms with Crippen molar-refractivity contribution in [3.63, 3.8) is 0 Å². The fourth-order valence-corrected chi connectivity index (χ4v) is 5.12. The van der Waals surface area contributed by atoms with E-state index in [1.807, 2.05) is 18.9 Å². The highest BCUT2D eigenvalue weighted by Gasteiger charge is 2.36. The summed E-state index contributed by atoms with van der Waals surface area (Å²) in [7, 11) is 1.91. The van der Waals surface area contributed by atoms with Crippen molar-refractivity contribution >= 4 is 28.5 Å². The van der Waals surface area contributed by atoms with Gasteiger partial charge in [0.05, 0.1) is 23.7 Å². The van der Waals surface area contributed by atoms with Gasteiger partial charge in [0.1, 0.15) is 12.1 Å². The SMILES string of the molecule is CCCC(=O)N(C)C1CCC(N2CC(NC(=O)CNc3ncnc4ccc(C(F)(F)F)cc34)C2)CC1. The Morgan fingerprint density at radius 1 is 1.14 bits per heavy atom. The quantitative estimate of drug-likeness (QED) is 0.570. The van der Waals surface area contributed by atoms with Crippen LogP contribution in [-0.4, -0.2) is 76.4 Å². The molecule has 0 bridgehead atoms. The Kier molecular flexibility index (Phi) is 7.97. The van der Waals surface area contributed by atoms with E-state index in [1.165, 1.54) is 12.4 Å². The molecule has 36 heavy (non-hydrogen) atoms. The third-order valence-electron chi connectivity index (χ3n) is 7.24. The summed E-state index contributed by atoms with van der Waals surface area (Å²) in [4.78, 5) is 36.9. The highest BCUT2D eigenvalue weighted by atomic mass is 19.4. The molecular formula is C25H33F3N6O2. The van der Waals surface area contributed by atoms with Gasteiger partial charge in [-0.1, -0.05) is 6.92 Å². The van der Waals surface area contributed by atoms with Gasteiger partial charge in [-0.3, -0.25) is 14.5 Å². The lowest BCUT2D eigenvalue weighted by Gasteiger charge is -2.47.